The quantitative estimate of drug-likeness (QED) is 0.660. The number of nitrogens with zero attached hydrogens (tertiary/aromatic N) is 3. The predicted octanol–water partition coefficient (Wildman–Crippen LogP) is 4.28. The first kappa shape index (κ1) is 19.1. The number of thiazole rings is 1. The molecule has 2 aromatic heterocycles. The topological polar surface area (TPSA) is 69.0 Å². The molecular formula is C20H24N4O2S. The molecule has 0 aliphatic carbocycles. The average molecular weight is 385 g/mol. The third kappa shape index (κ3) is 4.54. The lowest BCUT2D eigenvalue weighted by molar-refractivity contribution is -0.120. The van der Waals surface area contributed by atoms with Crippen LogP contribution in [0.4, 0.5) is 5.69 Å². The Morgan fingerprint density at radius 3 is 2.67 bits per heavy atom. The molecule has 1 amide bonds. The first-order valence-corrected chi connectivity index (χ1v) is 9.73. The van der Waals surface area contributed by atoms with E-state index in [-0.39, 0.29) is 5.91 Å². The molecule has 6 nitrogen and oxygen atoms in total. The standard InChI is InChI=1S/C20H24N4O2S/c1-14(2)13-26-17-7-5-15(6-8-17)20(3,4)18(25)23-16-11-22-24(12-16)19-21-9-10-27-19/h5-12,14H,13H2,1-4H3,(H,23,25). The van der Waals surface area contributed by atoms with Crippen LogP contribution in [0.15, 0.2) is 48.2 Å². The van der Waals surface area contributed by atoms with Crippen molar-refractivity contribution in [3.05, 3.63) is 53.8 Å². The van der Waals surface area contributed by atoms with Crippen molar-refractivity contribution < 1.29 is 9.53 Å². The van der Waals surface area contributed by atoms with Crippen molar-refractivity contribution in [1.29, 1.82) is 0 Å². The Kier molecular flexibility index (Phi) is 5.60. The smallest absolute Gasteiger partial charge is 0.234 e. The molecule has 0 saturated carbocycles. The van der Waals surface area contributed by atoms with Gasteiger partial charge in [-0.1, -0.05) is 26.0 Å². The van der Waals surface area contributed by atoms with Gasteiger partial charge < -0.3 is 10.1 Å². The summed E-state index contributed by atoms with van der Waals surface area (Å²) in [6, 6.07) is 7.70. The average Bonchev–Trinajstić information content (AvgIpc) is 3.31. The molecule has 0 aliphatic heterocycles. The van der Waals surface area contributed by atoms with Crippen molar-refractivity contribution in [1.82, 2.24) is 14.8 Å². The summed E-state index contributed by atoms with van der Waals surface area (Å²) in [7, 11) is 0. The van der Waals surface area contributed by atoms with Crippen LogP contribution in [0.3, 0.4) is 0 Å². The van der Waals surface area contributed by atoms with Crippen LogP contribution >= 0.6 is 11.3 Å². The Morgan fingerprint density at radius 1 is 1.30 bits per heavy atom. The lowest BCUT2D eigenvalue weighted by Crippen LogP contribution is -2.34. The second-order valence-electron chi connectivity index (χ2n) is 7.30. The van der Waals surface area contributed by atoms with E-state index >= 15 is 0 Å². The summed E-state index contributed by atoms with van der Waals surface area (Å²) < 4.78 is 7.36. The Hall–Kier alpha value is -2.67. The van der Waals surface area contributed by atoms with Crippen LogP contribution in [-0.4, -0.2) is 27.3 Å². The van der Waals surface area contributed by atoms with Crippen molar-refractivity contribution in [2.24, 2.45) is 5.92 Å². The molecular weight excluding hydrogens is 360 g/mol. The molecule has 1 N–H and O–H groups in total. The molecule has 0 radical (unpaired) electrons. The Labute approximate surface area is 163 Å². The Bertz CT molecular complexity index is 883. The summed E-state index contributed by atoms with van der Waals surface area (Å²) in [5.41, 5.74) is 0.865. The second kappa shape index (κ2) is 7.92. The maximum atomic E-state index is 12.8. The number of hydrogen-bond acceptors (Lipinski definition) is 5. The number of aromatic nitrogens is 3. The van der Waals surface area contributed by atoms with Crippen molar-refractivity contribution in [2.75, 3.05) is 11.9 Å². The van der Waals surface area contributed by atoms with Crippen LogP contribution in [0, 0.1) is 5.92 Å². The zero-order valence-electron chi connectivity index (χ0n) is 16.0. The monoisotopic (exact) mass is 384 g/mol. The fourth-order valence-corrected chi connectivity index (χ4v) is 3.04. The van der Waals surface area contributed by atoms with Gasteiger partial charge in [-0.05, 0) is 37.5 Å². The molecule has 0 atom stereocenters. The summed E-state index contributed by atoms with van der Waals surface area (Å²) in [6.07, 6.45) is 5.10. The fraction of sp³-hybridized carbons (Fsp3) is 0.350. The number of rotatable bonds is 7. The third-order valence-corrected chi connectivity index (χ3v) is 4.94. The highest BCUT2D eigenvalue weighted by atomic mass is 32.1. The normalized spacial score (nSPS) is 11.6. The number of anilines is 1. The number of carbonyl (C=O) groups excluding carboxylic acids is 1. The van der Waals surface area contributed by atoms with Gasteiger partial charge in [-0.2, -0.15) is 5.10 Å². The summed E-state index contributed by atoms with van der Waals surface area (Å²) >= 11 is 1.48. The number of ether oxygens (including phenoxy) is 1. The molecule has 0 spiro atoms. The van der Waals surface area contributed by atoms with E-state index in [1.807, 2.05) is 43.5 Å². The van der Waals surface area contributed by atoms with Crippen LogP contribution in [0.2, 0.25) is 0 Å². The van der Waals surface area contributed by atoms with Crippen LogP contribution in [0.1, 0.15) is 33.3 Å². The maximum absolute atomic E-state index is 12.8. The van der Waals surface area contributed by atoms with Gasteiger partial charge in [0.05, 0.1) is 30.1 Å². The van der Waals surface area contributed by atoms with E-state index < -0.39 is 5.41 Å². The molecule has 0 bridgehead atoms. The summed E-state index contributed by atoms with van der Waals surface area (Å²) in [4.78, 5) is 17.0. The second-order valence-corrected chi connectivity index (χ2v) is 8.17. The van der Waals surface area contributed by atoms with E-state index in [1.165, 1.54) is 11.3 Å². The van der Waals surface area contributed by atoms with Crippen LogP contribution in [-0.2, 0) is 10.2 Å². The van der Waals surface area contributed by atoms with Gasteiger partial charge in [0.15, 0.2) is 0 Å². The van der Waals surface area contributed by atoms with E-state index in [1.54, 1.807) is 23.3 Å². The van der Waals surface area contributed by atoms with Gasteiger partial charge in [0.25, 0.3) is 0 Å². The first-order valence-electron chi connectivity index (χ1n) is 8.85. The molecule has 0 fully saturated rings. The minimum atomic E-state index is -0.695. The van der Waals surface area contributed by atoms with Crippen molar-refractivity contribution in [2.45, 2.75) is 33.1 Å². The number of nitrogens with one attached hydrogen (secondary N) is 1. The van der Waals surface area contributed by atoms with Gasteiger partial charge in [-0.3, -0.25) is 4.79 Å². The molecule has 0 unspecified atom stereocenters. The number of carbonyl (C=O) groups is 1. The van der Waals surface area contributed by atoms with Gasteiger partial charge in [-0.25, -0.2) is 9.67 Å². The molecule has 3 rings (SSSR count). The molecule has 1 aromatic carbocycles. The highest BCUT2D eigenvalue weighted by Gasteiger charge is 2.30. The van der Waals surface area contributed by atoms with Gasteiger partial charge in [0.1, 0.15) is 5.75 Å². The van der Waals surface area contributed by atoms with E-state index in [0.29, 0.717) is 18.2 Å². The van der Waals surface area contributed by atoms with Crippen LogP contribution in [0.25, 0.3) is 5.13 Å². The summed E-state index contributed by atoms with van der Waals surface area (Å²) in [5, 5.41) is 9.83. The van der Waals surface area contributed by atoms with Gasteiger partial charge >= 0.3 is 0 Å². The lowest BCUT2D eigenvalue weighted by Gasteiger charge is -2.24. The van der Waals surface area contributed by atoms with Gasteiger partial charge in [0.2, 0.25) is 11.0 Å². The van der Waals surface area contributed by atoms with E-state index in [2.05, 4.69) is 29.2 Å². The highest BCUT2D eigenvalue weighted by molar-refractivity contribution is 7.12. The van der Waals surface area contributed by atoms with E-state index in [4.69, 9.17) is 4.74 Å². The molecule has 7 heteroatoms. The van der Waals surface area contributed by atoms with Crippen LogP contribution < -0.4 is 10.1 Å². The molecule has 2 heterocycles. The molecule has 27 heavy (non-hydrogen) atoms. The molecule has 0 aliphatic rings. The van der Waals surface area contributed by atoms with Crippen molar-refractivity contribution in [3.63, 3.8) is 0 Å². The van der Waals surface area contributed by atoms with Crippen molar-refractivity contribution in [3.8, 4) is 10.9 Å². The highest BCUT2D eigenvalue weighted by Crippen LogP contribution is 2.27. The number of amides is 1. The SMILES string of the molecule is CC(C)COc1ccc(C(C)(C)C(=O)Nc2cnn(-c3nccs3)c2)cc1. The molecule has 142 valence electrons. The zero-order valence-corrected chi connectivity index (χ0v) is 16.8. The van der Waals surface area contributed by atoms with E-state index in [9.17, 15) is 4.79 Å². The van der Waals surface area contributed by atoms with E-state index in [0.717, 1.165) is 16.4 Å². The predicted molar refractivity (Wildman–Crippen MR) is 108 cm³/mol. The zero-order chi connectivity index (χ0) is 19.4. The van der Waals surface area contributed by atoms with Crippen molar-refractivity contribution >= 4 is 22.9 Å². The van der Waals surface area contributed by atoms with Crippen LogP contribution in [0.5, 0.6) is 5.75 Å². The maximum Gasteiger partial charge on any atom is 0.234 e. The lowest BCUT2D eigenvalue weighted by atomic mass is 9.83. The Morgan fingerprint density at radius 2 is 2.04 bits per heavy atom. The molecule has 0 saturated heterocycles. The minimum Gasteiger partial charge on any atom is -0.493 e. The van der Waals surface area contributed by atoms with Gasteiger partial charge in [0, 0.05) is 11.6 Å². The minimum absolute atomic E-state index is 0.1000. The largest absolute Gasteiger partial charge is 0.493 e. The summed E-state index contributed by atoms with van der Waals surface area (Å²) in [6.45, 7) is 8.69. The number of benzene rings is 1. The Balaban J connectivity index is 1.68. The van der Waals surface area contributed by atoms with Gasteiger partial charge in [-0.15, -0.1) is 11.3 Å². The third-order valence-electron chi connectivity index (χ3n) is 4.18. The molecule has 3 aromatic rings. The fourth-order valence-electron chi connectivity index (χ4n) is 2.47. The first-order chi connectivity index (χ1) is 12.9. The summed E-state index contributed by atoms with van der Waals surface area (Å²) in [5.74, 6) is 1.18. The number of hydrogen-bond donors (Lipinski definition) is 1.